The van der Waals surface area contributed by atoms with Crippen LogP contribution in [0.2, 0.25) is 0 Å². The summed E-state index contributed by atoms with van der Waals surface area (Å²) in [5, 5.41) is 0. The van der Waals surface area contributed by atoms with Gasteiger partial charge in [0, 0.05) is 13.2 Å². The molecule has 0 bridgehead atoms. The van der Waals surface area contributed by atoms with Crippen molar-refractivity contribution in [2.75, 3.05) is 13.2 Å². The molecule has 11 heavy (non-hydrogen) atoms. The fourth-order valence-electron chi connectivity index (χ4n) is 0.871. The first-order valence-corrected chi connectivity index (χ1v) is 3.97. The summed E-state index contributed by atoms with van der Waals surface area (Å²) in [4.78, 5) is 0. The summed E-state index contributed by atoms with van der Waals surface area (Å²) in [6.07, 6.45) is 4.22. The van der Waals surface area contributed by atoms with Crippen LogP contribution in [-0.4, -0.2) is 13.2 Å². The molecule has 0 spiro atoms. The molecule has 1 aliphatic heterocycles. The minimum Gasteiger partial charge on any atom is -0.470 e. The van der Waals surface area contributed by atoms with E-state index in [1.165, 1.54) is 12.8 Å². The van der Waals surface area contributed by atoms with Gasteiger partial charge in [-0.15, -0.1) is 0 Å². The van der Waals surface area contributed by atoms with Gasteiger partial charge in [0.05, 0.1) is 6.26 Å². The molecule has 0 aromatic carbocycles. The van der Waals surface area contributed by atoms with Crippen LogP contribution < -0.4 is 0 Å². The summed E-state index contributed by atoms with van der Waals surface area (Å²) in [7, 11) is 0. The maximum atomic E-state index is 4.94. The van der Waals surface area contributed by atoms with Crippen molar-refractivity contribution in [3.8, 4) is 0 Å². The van der Waals surface area contributed by atoms with Gasteiger partial charge < -0.3 is 9.15 Å². The summed E-state index contributed by atoms with van der Waals surface area (Å²) in [6.45, 7) is 3.92. The van der Waals surface area contributed by atoms with E-state index in [1.54, 1.807) is 6.26 Å². The maximum Gasteiger partial charge on any atom is 0.100 e. The van der Waals surface area contributed by atoms with Crippen LogP contribution in [0.4, 0.5) is 0 Å². The molecule has 1 fully saturated rings. The number of rotatable bonds is 0. The fourth-order valence-corrected chi connectivity index (χ4v) is 0.871. The first-order chi connectivity index (χ1) is 5.39. The summed E-state index contributed by atoms with van der Waals surface area (Å²) in [5.41, 5.74) is 0. The minimum atomic E-state index is 0.968. The van der Waals surface area contributed by atoms with E-state index < -0.39 is 0 Å². The molecular formula is C9H14O2. The van der Waals surface area contributed by atoms with Gasteiger partial charge in [-0.25, -0.2) is 0 Å². The Hall–Kier alpha value is -0.760. The molecule has 2 rings (SSSR count). The van der Waals surface area contributed by atoms with Crippen molar-refractivity contribution in [1.29, 1.82) is 0 Å². The molecule has 0 radical (unpaired) electrons. The van der Waals surface area contributed by atoms with Gasteiger partial charge >= 0.3 is 0 Å². The molecule has 0 saturated carbocycles. The SMILES string of the molecule is C1CCOC1.Cc1ccco1. The number of furan rings is 1. The summed E-state index contributed by atoms with van der Waals surface area (Å²) in [6, 6.07) is 3.79. The number of hydrogen-bond donors (Lipinski definition) is 0. The molecular weight excluding hydrogens is 140 g/mol. The van der Waals surface area contributed by atoms with Gasteiger partial charge in [-0.1, -0.05) is 0 Å². The highest BCUT2D eigenvalue weighted by atomic mass is 16.5. The van der Waals surface area contributed by atoms with E-state index in [2.05, 4.69) is 0 Å². The molecule has 0 N–H and O–H groups in total. The Morgan fingerprint density at radius 3 is 2.18 bits per heavy atom. The third-order valence-electron chi connectivity index (χ3n) is 1.49. The highest BCUT2D eigenvalue weighted by Gasteiger charge is 1.94. The highest BCUT2D eigenvalue weighted by Crippen LogP contribution is 1.98. The van der Waals surface area contributed by atoms with Crippen LogP contribution in [0.15, 0.2) is 22.8 Å². The van der Waals surface area contributed by atoms with Crippen LogP contribution in [0.5, 0.6) is 0 Å². The van der Waals surface area contributed by atoms with Gasteiger partial charge in [-0.2, -0.15) is 0 Å². The third kappa shape index (κ3) is 3.83. The van der Waals surface area contributed by atoms with E-state index in [1.807, 2.05) is 19.1 Å². The standard InChI is InChI=1S/C5H6O.C4H8O/c1-5-3-2-4-6-5;1-2-4-5-3-1/h2-4H,1H3;1-4H2. The lowest BCUT2D eigenvalue weighted by Gasteiger charge is -1.76. The van der Waals surface area contributed by atoms with E-state index >= 15 is 0 Å². The van der Waals surface area contributed by atoms with Gasteiger partial charge in [0.2, 0.25) is 0 Å². The van der Waals surface area contributed by atoms with Crippen LogP contribution in [0.25, 0.3) is 0 Å². The quantitative estimate of drug-likeness (QED) is 0.572. The van der Waals surface area contributed by atoms with Crippen molar-refractivity contribution in [2.24, 2.45) is 0 Å². The van der Waals surface area contributed by atoms with Gasteiger partial charge in [0.15, 0.2) is 0 Å². The maximum absolute atomic E-state index is 4.94. The lowest BCUT2D eigenvalue weighted by Crippen LogP contribution is -1.74. The lowest BCUT2D eigenvalue weighted by molar-refractivity contribution is 0.198. The van der Waals surface area contributed by atoms with Gasteiger partial charge in [0.1, 0.15) is 5.76 Å². The Bertz CT molecular complexity index is 156. The Morgan fingerprint density at radius 2 is 2.00 bits per heavy atom. The van der Waals surface area contributed by atoms with E-state index in [0.29, 0.717) is 0 Å². The third-order valence-corrected chi connectivity index (χ3v) is 1.49. The highest BCUT2D eigenvalue weighted by molar-refractivity contribution is 4.93. The molecule has 62 valence electrons. The second-order valence-electron chi connectivity index (χ2n) is 2.54. The van der Waals surface area contributed by atoms with E-state index in [4.69, 9.17) is 9.15 Å². The predicted molar refractivity (Wildman–Crippen MR) is 43.5 cm³/mol. The molecule has 2 heterocycles. The van der Waals surface area contributed by atoms with E-state index in [9.17, 15) is 0 Å². The van der Waals surface area contributed by atoms with Crippen LogP contribution in [-0.2, 0) is 4.74 Å². The molecule has 2 nitrogen and oxygen atoms in total. The normalized spacial score (nSPS) is 15.7. The molecule has 0 atom stereocenters. The first-order valence-electron chi connectivity index (χ1n) is 3.97. The van der Waals surface area contributed by atoms with Crippen LogP contribution >= 0.6 is 0 Å². The Balaban J connectivity index is 0.000000112. The second kappa shape index (κ2) is 4.97. The zero-order valence-electron chi connectivity index (χ0n) is 6.88. The average Bonchev–Trinajstić information content (AvgIpc) is 2.57. The Labute approximate surface area is 67.2 Å². The topological polar surface area (TPSA) is 22.4 Å². The molecule has 0 aliphatic carbocycles. The van der Waals surface area contributed by atoms with Crippen molar-refractivity contribution in [1.82, 2.24) is 0 Å². The molecule has 1 aromatic rings. The van der Waals surface area contributed by atoms with Crippen LogP contribution in [0.3, 0.4) is 0 Å². The molecule has 0 amide bonds. The largest absolute Gasteiger partial charge is 0.470 e. The number of ether oxygens (including phenoxy) is 1. The second-order valence-corrected chi connectivity index (χ2v) is 2.54. The zero-order chi connectivity index (χ0) is 7.94. The lowest BCUT2D eigenvalue weighted by atomic mass is 10.4. The first kappa shape index (κ1) is 8.34. The van der Waals surface area contributed by atoms with Crippen molar-refractivity contribution < 1.29 is 9.15 Å². The smallest absolute Gasteiger partial charge is 0.100 e. The average molecular weight is 154 g/mol. The molecule has 0 unspecified atom stereocenters. The number of aryl methyl sites for hydroxylation is 1. The molecule has 1 aromatic heterocycles. The summed E-state index contributed by atoms with van der Waals surface area (Å²) < 4.78 is 9.78. The number of hydrogen-bond acceptors (Lipinski definition) is 2. The predicted octanol–water partition coefficient (Wildman–Crippen LogP) is 2.38. The van der Waals surface area contributed by atoms with Crippen LogP contribution in [0, 0.1) is 6.92 Å². The van der Waals surface area contributed by atoms with Crippen molar-refractivity contribution >= 4 is 0 Å². The zero-order valence-corrected chi connectivity index (χ0v) is 6.88. The Morgan fingerprint density at radius 1 is 1.27 bits per heavy atom. The summed E-state index contributed by atoms with van der Waals surface area (Å²) in [5.74, 6) is 0.968. The van der Waals surface area contributed by atoms with Gasteiger partial charge in [-0.3, -0.25) is 0 Å². The monoisotopic (exact) mass is 154 g/mol. The minimum absolute atomic E-state index is 0.968. The Kier molecular flexibility index (Phi) is 3.76. The van der Waals surface area contributed by atoms with Crippen molar-refractivity contribution in [2.45, 2.75) is 19.8 Å². The molecule has 1 saturated heterocycles. The van der Waals surface area contributed by atoms with Crippen molar-refractivity contribution in [3.05, 3.63) is 24.2 Å². The van der Waals surface area contributed by atoms with Crippen LogP contribution in [0.1, 0.15) is 18.6 Å². The molecule has 2 heteroatoms. The van der Waals surface area contributed by atoms with Crippen molar-refractivity contribution in [3.63, 3.8) is 0 Å². The fraction of sp³-hybridized carbons (Fsp3) is 0.556. The summed E-state index contributed by atoms with van der Waals surface area (Å²) >= 11 is 0. The van der Waals surface area contributed by atoms with E-state index in [-0.39, 0.29) is 0 Å². The van der Waals surface area contributed by atoms with Gasteiger partial charge in [0.25, 0.3) is 0 Å². The van der Waals surface area contributed by atoms with E-state index in [0.717, 1.165) is 19.0 Å². The van der Waals surface area contributed by atoms with Gasteiger partial charge in [-0.05, 0) is 31.9 Å². The molecule has 1 aliphatic rings.